The first-order valence-corrected chi connectivity index (χ1v) is 5.50. The average Bonchev–Trinajstić information content (AvgIpc) is 2.73. The van der Waals surface area contributed by atoms with Gasteiger partial charge in [0.1, 0.15) is 0 Å². The molecule has 7 heteroatoms. The van der Waals surface area contributed by atoms with E-state index in [-0.39, 0.29) is 12.1 Å². The molecule has 0 spiro atoms. The number of hydrogen-bond donors (Lipinski definition) is 2. The molecule has 6 nitrogen and oxygen atoms in total. The highest BCUT2D eigenvalue weighted by atomic mass is 35.5. The minimum atomic E-state index is -1.05. The second kappa shape index (κ2) is 5.05. The van der Waals surface area contributed by atoms with Crippen LogP contribution in [0.15, 0.2) is 22.7 Å². The topological polar surface area (TPSA) is 88.2 Å². The van der Waals surface area contributed by atoms with Crippen LogP contribution in [0, 0.1) is 6.92 Å². The normalized spacial score (nSPS) is 10.3. The van der Waals surface area contributed by atoms with Crippen LogP contribution in [-0.4, -0.2) is 21.2 Å². The van der Waals surface area contributed by atoms with Crippen molar-refractivity contribution in [3.05, 3.63) is 40.5 Å². The van der Waals surface area contributed by atoms with Crippen LogP contribution in [0.4, 0.5) is 5.69 Å². The van der Waals surface area contributed by atoms with Crippen molar-refractivity contribution in [3.8, 4) is 0 Å². The van der Waals surface area contributed by atoms with Crippen LogP contribution in [0.25, 0.3) is 0 Å². The lowest BCUT2D eigenvalue weighted by atomic mass is 10.2. The van der Waals surface area contributed by atoms with Gasteiger partial charge in [-0.05, 0) is 25.1 Å². The molecule has 1 aromatic heterocycles. The number of aryl methyl sites for hydroxylation is 1. The van der Waals surface area contributed by atoms with Crippen molar-refractivity contribution in [1.29, 1.82) is 0 Å². The van der Waals surface area contributed by atoms with Crippen molar-refractivity contribution in [1.82, 2.24) is 10.1 Å². The highest BCUT2D eigenvalue weighted by Gasteiger charge is 2.11. The summed E-state index contributed by atoms with van der Waals surface area (Å²) >= 11 is 5.75. The molecule has 0 atom stereocenters. The summed E-state index contributed by atoms with van der Waals surface area (Å²) in [7, 11) is 0. The first-order chi connectivity index (χ1) is 8.56. The number of rotatable bonds is 4. The standard InChI is InChI=1S/C11H10ClN3O3/c1-6-14-10(18-15-6)5-13-9-3-2-7(12)4-8(9)11(16)17/h2-4,13H,5H2,1H3,(H,16,17). The van der Waals surface area contributed by atoms with Gasteiger partial charge in [0.15, 0.2) is 5.82 Å². The Kier molecular flexibility index (Phi) is 3.47. The second-order valence-corrected chi connectivity index (χ2v) is 4.02. The quantitative estimate of drug-likeness (QED) is 0.884. The molecular formula is C11H10ClN3O3. The predicted octanol–water partition coefficient (Wildman–Crippen LogP) is 2.34. The van der Waals surface area contributed by atoms with E-state index in [4.69, 9.17) is 21.2 Å². The zero-order chi connectivity index (χ0) is 13.1. The number of nitrogens with one attached hydrogen (secondary N) is 1. The van der Waals surface area contributed by atoms with E-state index < -0.39 is 5.97 Å². The molecule has 2 N–H and O–H groups in total. The molecule has 0 radical (unpaired) electrons. The van der Waals surface area contributed by atoms with Crippen LogP contribution >= 0.6 is 11.6 Å². The molecule has 0 unspecified atom stereocenters. The molecule has 1 aromatic carbocycles. The Balaban J connectivity index is 2.16. The number of benzene rings is 1. The first-order valence-electron chi connectivity index (χ1n) is 5.12. The summed E-state index contributed by atoms with van der Waals surface area (Å²) in [4.78, 5) is 15.0. The minimum Gasteiger partial charge on any atom is -0.478 e. The molecule has 0 aliphatic heterocycles. The fourth-order valence-corrected chi connectivity index (χ4v) is 1.60. The third-order valence-electron chi connectivity index (χ3n) is 2.21. The number of aromatic nitrogens is 2. The summed E-state index contributed by atoms with van der Waals surface area (Å²) in [5.74, 6) is -0.137. The fourth-order valence-electron chi connectivity index (χ4n) is 1.43. The summed E-state index contributed by atoms with van der Waals surface area (Å²) in [6.45, 7) is 1.96. The second-order valence-electron chi connectivity index (χ2n) is 3.58. The van der Waals surface area contributed by atoms with Gasteiger partial charge in [0.05, 0.1) is 12.1 Å². The van der Waals surface area contributed by atoms with E-state index in [0.29, 0.717) is 22.4 Å². The van der Waals surface area contributed by atoms with E-state index in [0.717, 1.165) is 0 Å². The Hall–Kier alpha value is -2.08. The van der Waals surface area contributed by atoms with Gasteiger partial charge in [0.25, 0.3) is 0 Å². The monoisotopic (exact) mass is 267 g/mol. The van der Waals surface area contributed by atoms with Gasteiger partial charge >= 0.3 is 5.97 Å². The van der Waals surface area contributed by atoms with Crippen LogP contribution in [0.3, 0.4) is 0 Å². The van der Waals surface area contributed by atoms with Crippen molar-refractivity contribution in [2.45, 2.75) is 13.5 Å². The maximum Gasteiger partial charge on any atom is 0.337 e. The number of nitrogens with zero attached hydrogens (tertiary/aromatic N) is 2. The van der Waals surface area contributed by atoms with Gasteiger partial charge in [-0.1, -0.05) is 16.8 Å². The van der Waals surface area contributed by atoms with Crippen LogP contribution in [0.5, 0.6) is 0 Å². The highest BCUT2D eigenvalue weighted by Crippen LogP contribution is 2.21. The molecule has 0 saturated heterocycles. The van der Waals surface area contributed by atoms with Gasteiger partial charge in [0.2, 0.25) is 5.89 Å². The zero-order valence-electron chi connectivity index (χ0n) is 9.48. The molecular weight excluding hydrogens is 258 g/mol. The number of carboxylic acids is 1. The summed E-state index contributed by atoms with van der Waals surface area (Å²) in [5, 5.41) is 16.0. The smallest absolute Gasteiger partial charge is 0.337 e. The molecule has 94 valence electrons. The summed E-state index contributed by atoms with van der Waals surface area (Å²) < 4.78 is 4.91. The third kappa shape index (κ3) is 2.78. The Bertz CT molecular complexity index is 583. The number of carboxylic acid groups (broad SMARTS) is 1. The molecule has 0 fully saturated rings. The highest BCUT2D eigenvalue weighted by molar-refractivity contribution is 6.31. The van der Waals surface area contributed by atoms with E-state index in [2.05, 4.69) is 15.5 Å². The van der Waals surface area contributed by atoms with Crippen LogP contribution in [0.2, 0.25) is 5.02 Å². The number of halogens is 1. The molecule has 2 aromatic rings. The molecule has 0 bridgehead atoms. The molecule has 0 aliphatic rings. The van der Waals surface area contributed by atoms with Gasteiger partial charge in [-0.15, -0.1) is 0 Å². The number of aromatic carboxylic acids is 1. The predicted molar refractivity (Wildman–Crippen MR) is 64.8 cm³/mol. The summed E-state index contributed by atoms with van der Waals surface area (Å²) in [6.07, 6.45) is 0. The number of hydrogen-bond acceptors (Lipinski definition) is 5. The first kappa shape index (κ1) is 12.4. The van der Waals surface area contributed by atoms with E-state index in [9.17, 15) is 4.79 Å². The number of carbonyl (C=O) groups is 1. The van der Waals surface area contributed by atoms with Gasteiger partial charge in [-0.3, -0.25) is 0 Å². The lowest BCUT2D eigenvalue weighted by Crippen LogP contribution is -2.06. The Labute approximate surface area is 108 Å². The fraction of sp³-hybridized carbons (Fsp3) is 0.182. The largest absolute Gasteiger partial charge is 0.478 e. The van der Waals surface area contributed by atoms with Gasteiger partial charge < -0.3 is 14.9 Å². The van der Waals surface area contributed by atoms with Crippen LogP contribution < -0.4 is 5.32 Å². The van der Waals surface area contributed by atoms with Crippen LogP contribution in [-0.2, 0) is 6.54 Å². The maximum atomic E-state index is 11.0. The molecule has 18 heavy (non-hydrogen) atoms. The minimum absolute atomic E-state index is 0.0961. The summed E-state index contributed by atoms with van der Waals surface area (Å²) in [5.41, 5.74) is 0.543. The van der Waals surface area contributed by atoms with Crippen molar-refractivity contribution in [2.75, 3.05) is 5.32 Å². The van der Waals surface area contributed by atoms with Crippen molar-refractivity contribution >= 4 is 23.3 Å². The molecule has 0 amide bonds. The zero-order valence-corrected chi connectivity index (χ0v) is 10.2. The van der Waals surface area contributed by atoms with Crippen LogP contribution in [0.1, 0.15) is 22.1 Å². The Morgan fingerprint density at radius 1 is 1.56 bits per heavy atom. The molecule has 2 rings (SSSR count). The average molecular weight is 268 g/mol. The third-order valence-corrected chi connectivity index (χ3v) is 2.45. The lowest BCUT2D eigenvalue weighted by Gasteiger charge is -2.07. The van der Waals surface area contributed by atoms with E-state index in [1.165, 1.54) is 6.07 Å². The lowest BCUT2D eigenvalue weighted by molar-refractivity contribution is 0.0698. The summed E-state index contributed by atoms with van der Waals surface area (Å²) in [6, 6.07) is 4.58. The van der Waals surface area contributed by atoms with Gasteiger partial charge in [0, 0.05) is 10.7 Å². The van der Waals surface area contributed by atoms with E-state index in [1.807, 2.05) is 0 Å². The SMILES string of the molecule is Cc1noc(CNc2ccc(Cl)cc2C(=O)O)n1. The van der Waals surface area contributed by atoms with Gasteiger partial charge in [-0.25, -0.2) is 4.79 Å². The van der Waals surface area contributed by atoms with E-state index in [1.54, 1.807) is 19.1 Å². The maximum absolute atomic E-state index is 11.0. The van der Waals surface area contributed by atoms with E-state index >= 15 is 0 Å². The Morgan fingerprint density at radius 3 is 2.94 bits per heavy atom. The molecule has 1 heterocycles. The molecule has 0 aliphatic carbocycles. The Morgan fingerprint density at radius 2 is 2.33 bits per heavy atom. The number of anilines is 1. The van der Waals surface area contributed by atoms with Crippen molar-refractivity contribution in [3.63, 3.8) is 0 Å². The molecule has 0 saturated carbocycles. The van der Waals surface area contributed by atoms with Crippen molar-refractivity contribution < 1.29 is 14.4 Å². The van der Waals surface area contributed by atoms with Crippen molar-refractivity contribution in [2.24, 2.45) is 0 Å². The van der Waals surface area contributed by atoms with Gasteiger partial charge in [-0.2, -0.15) is 4.98 Å².